The van der Waals surface area contributed by atoms with E-state index in [2.05, 4.69) is 5.53 Å². The van der Waals surface area contributed by atoms with Gasteiger partial charge in [0, 0.05) is 7.05 Å². The van der Waals surface area contributed by atoms with E-state index in [1.54, 1.807) is 31.3 Å². The van der Waals surface area contributed by atoms with Crippen LogP contribution in [0.4, 0.5) is 30.2 Å². The normalized spacial score (nSPS) is 16.9. The molecule has 0 spiro atoms. The molecule has 26 heavy (non-hydrogen) atoms. The predicted octanol–water partition coefficient (Wildman–Crippen LogP) is 3.16. The Bertz CT molecular complexity index is 924. The number of benzene rings is 2. The number of hydrogen-bond acceptors (Lipinski definition) is 5. The fraction of sp³-hybridized carbons (Fsp3) is 0.118. The van der Waals surface area contributed by atoms with E-state index in [4.69, 9.17) is 0 Å². The third-order valence-corrected chi connectivity index (χ3v) is 4.30. The Kier molecular flexibility index (Phi) is 3.38. The van der Waals surface area contributed by atoms with E-state index in [9.17, 15) is 23.1 Å². The fourth-order valence-corrected chi connectivity index (χ4v) is 2.95. The number of aliphatic hydroxyl groups excluding tert-OH is 1. The van der Waals surface area contributed by atoms with Gasteiger partial charge in [-0.05, 0) is 36.4 Å². The first-order valence-corrected chi connectivity index (χ1v) is 7.63. The summed E-state index contributed by atoms with van der Waals surface area (Å²) in [4.78, 5) is 14.2. The van der Waals surface area contributed by atoms with Crippen molar-refractivity contribution in [1.29, 1.82) is 0 Å². The molecule has 0 saturated carbocycles. The number of rotatable bonds is 1. The number of carbonyl (C=O) groups is 1. The molecule has 4 rings (SSSR count). The van der Waals surface area contributed by atoms with Crippen LogP contribution in [0.2, 0.25) is 0 Å². The second kappa shape index (κ2) is 5.40. The van der Waals surface area contributed by atoms with E-state index in [-0.39, 0.29) is 17.3 Å². The monoisotopic (exact) mass is 362 g/mol. The summed E-state index contributed by atoms with van der Waals surface area (Å²) in [7, 11) is 1.62. The fourth-order valence-electron chi connectivity index (χ4n) is 2.95. The van der Waals surface area contributed by atoms with Gasteiger partial charge < -0.3 is 10.0 Å². The average molecular weight is 362 g/mol. The van der Waals surface area contributed by atoms with Crippen LogP contribution in [0, 0.1) is 0 Å². The van der Waals surface area contributed by atoms with Crippen molar-refractivity contribution in [1.82, 2.24) is 5.53 Å². The lowest BCUT2D eigenvalue weighted by Gasteiger charge is -2.32. The minimum atomic E-state index is -4.46. The number of fused-ring (bicyclic) bond motifs is 3. The van der Waals surface area contributed by atoms with Gasteiger partial charge in [0.1, 0.15) is 0 Å². The first kappa shape index (κ1) is 16.3. The molecule has 2 heterocycles. The summed E-state index contributed by atoms with van der Waals surface area (Å²) in [6.07, 6.45) is -4.46. The Hall–Kier alpha value is -3.20. The van der Waals surface area contributed by atoms with E-state index >= 15 is 0 Å². The summed E-state index contributed by atoms with van der Waals surface area (Å²) < 4.78 is 38.2. The molecule has 0 atom stereocenters. The minimum absolute atomic E-state index is 0.00824. The summed E-state index contributed by atoms with van der Waals surface area (Å²) in [6.45, 7) is 0. The van der Waals surface area contributed by atoms with Crippen molar-refractivity contribution in [2.75, 3.05) is 22.0 Å². The van der Waals surface area contributed by atoms with Gasteiger partial charge in [-0.2, -0.15) is 13.2 Å². The van der Waals surface area contributed by atoms with Crippen LogP contribution >= 0.6 is 0 Å². The Balaban J connectivity index is 1.74. The van der Waals surface area contributed by atoms with Gasteiger partial charge in [-0.25, -0.2) is 10.0 Å². The maximum Gasteiger partial charge on any atom is 0.416 e. The van der Waals surface area contributed by atoms with Crippen molar-refractivity contribution in [3.05, 3.63) is 65.7 Å². The zero-order valence-corrected chi connectivity index (χ0v) is 13.4. The number of hydrazine groups is 2. The lowest BCUT2D eigenvalue weighted by Crippen LogP contribution is -2.42. The molecule has 2 aliphatic rings. The smallest absolute Gasteiger partial charge is 0.416 e. The SMILES string of the molecule is CN1C(O)=C2C(=O)N(c3ccc(C(F)(F)F)cc3)NN2c2ccccc21. The largest absolute Gasteiger partial charge is 0.493 e. The first-order chi connectivity index (χ1) is 12.3. The van der Waals surface area contributed by atoms with Gasteiger partial charge in [0.2, 0.25) is 5.88 Å². The van der Waals surface area contributed by atoms with Gasteiger partial charge in [0.05, 0.1) is 22.6 Å². The molecule has 0 bridgehead atoms. The van der Waals surface area contributed by atoms with Crippen LogP contribution in [-0.4, -0.2) is 18.1 Å². The molecule has 0 aromatic heterocycles. The predicted molar refractivity (Wildman–Crippen MR) is 89.0 cm³/mol. The highest BCUT2D eigenvalue weighted by Crippen LogP contribution is 2.40. The quantitative estimate of drug-likeness (QED) is 0.816. The summed E-state index contributed by atoms with van der Waals surface area (Å²) in [5.41, 5.74) is 3.52. The van der Waals surface area contributed by atoms with Crippen LogP contribution in [-0.2, 0) is 11.0 Å². The van der Waals surface area contributed by atoms with Crippen LogP contribution < -0.4 is 20.5 Å². The highest BCUT2D eigenvalue weighted by molar-refractivity contribution is 6.12. The standard InChI is InChI=1S/C17H13F3N4O2/c1-22-12-4-2-3-5-13(12)24-14(15(22)25)16(26)23(21-24)11-8-6-10(7-9-11)17(18,19)20/h2-9,21,25H,1H3. The molecule has 134 valence electrons. The summed E-state index contributed by atoms with van der Waals surface area (Å²) in [5, 5.41) is 12.9. The number of nitrogens with one attached hydrogen (secondary N) is 1. The molecule has 1 amide bonds. The Morgan fingerprint density at radius 2 is 1.58 bits per heavy atom. The van der Waals surface area contributed by atoms with Gasteiger partial charge in [0.25, 0.3) is 5.91 Å². The van der Waals surface area contributed by atoms with E-state index in [0.29, 0.717) is 11.4 Å². The number of carbonyl (C=O) groups excluding carboxylic acids is 1. The molecule has 2 N–H and O–H groups in total. The maximum absolute atomic E-state index is 12.7. The average Bonchev–Trinajstić information content (AvgIpc) is 2.97. The molecule has 1 fully saturated rings. The number of nitrogens with zero attached hydrogens (tertiary/aromatic N) is 3. The summed E-state index contributed by atoms with van der Waals surface area (Å²) in [5.74, 6) is -0.834. The van der Waals surface area contributed by atoms with Gasteiger partial charge >= 0.3 is 6.18 Å². The maximum atomic E-state index is 12.7. The highest BCUT2D eigenvalue weighted by atomic mass is 19.4. The van der Waals surface area contributed by atoms with Crippen molar-refractivity contribution in [2.45, 2.75) is 6.18 Å². The molecular weight excluding hydrogens is 349 g/mol. The number of amides is 1. The van der Waals surface area contributed by atoms with Gasteiger partial charge in [-0.3, -0.25) is 4.79 Å². The second-order valence-corrected chi connectivity index (χ2v) is 5.84. The third-order valence-electron chi connectivity index (χ3n) is 4.30. The van der Waals surface area contributed by atoms with Gasteiger partial charge in [-0.15, -0.1) is 5.53 Å². The molecule has 2 aromatic rings. The van der Waals surface area contributed by atoms with Crippen molar-refractivity contribution in [2.24, 2.45) is 0 Å². The summed E-state index contributed by atoms with van der Waals surface area (Å²) >= 11 is 0. The van der Waals surface area contributed by atoms with Crippen LogP contribution in [0.1, 0.15) is 5.56 Å². The number of hydrogen-bond donors (Lipinski definition) is 2. The van der Waals surface area contributed by atoms with Gasteiger partial charge in [0.15, 0.2) is 5.70 Å². The molecule has 2 aromatic carbocycles. The van der Waals surface area contributed by atoms with Crippen molar-refractivity contribution < 1.29 is 23.1 Å². The number of aliphatic hydroxyl groups is 1. The Morgan fingerprint density at radius 3 is 2.19 bits per heavy atom. The number of halogens is 3. The van der Waals surface area contributed by atoms with Crippen molar-refractivity contribution in [3.63, 3.8) is 0 Å². The van der Waals surface area contributed by atoms with Gasteiger partial charge in [-0.1, -0.05) is 12.1 Å². The number of anilines is 3. The first-order valence-electron chi connectivity index (χ1n) is 7.63. The molecule has 2 aliphatic heterocycles. The Labute approximate surface area is 146 Å². The van der Waals surface area contributed by atoms with Crippen LogP contribution in [0.3, 0.4) is 0 Å². The molecule has 0 unspecified atom stereocenters. The molecule has 6 nitrogen and oxygen atoms in total. The molecule has 9 heteroatoms. The minimum Gasteiger partial charge on any atom is -0.493 e. The lowest BCUT2D eigenvalue weighted by atomic mass is 10.1. The number of para-hydroxylation sites is 2. The zero-order chi connectivity index (χ0) is 18.6. The van der Waals surface area contributed by atoms with Crippen LogP contribution in [0.5, 0.6) is 0 Å². The zero-order valence-electron chi connectivity index (χ0n) is 13.4. The topological polar surface area (TPSA) is 59.1 Å². The summed E-state index contributed by atoms with van der Waals surface area (Å²) in [6, 6.07) is 11.3. The lowest BCUT2D eigenvalue weighted by molar-refractivity contribution is -0.137. The molecular formula is C17H13F3N4O2. The molecule has 1 saturated heterocycles. The Morgan fingerprint density at radius 1 is 0.962 bits per heavy atom. The van der Waals surface area contributed by atoms with Crippen LogP contribution in [0.15, 0.2) is 60.1 Å². The van der Waals surface area contributed by atoms with Crippen LogP contribution in [0.25, 0.3) is 0 Å². The van der Waals surface area contributed by atoms with E-state index in [0.717, 1.165) is 17.1 Å². The third kappa shape index (κ3) is 2.28. The highest BCUT2D eigenvalue weighted by Gasteiger charge is 2.43. The van der Waals surface area contributed by atoms with Crippen molar-refractivity contribution >= 4 is 23.0 Å². The van der Waals surface area contributed by atoms with E-state index in [1.165, 1.54) is 22.0 Å². The number of alkyl halides is 3. The molecule has 0 radical (unpaired) electrons. The van der Waals surface area contributed by atoms with E-state index < -0.39 is 17.6 Å². The van der Waals surface area contributed by atoms with Crippen molar-refractivity contribution in [3.8, 4) is 0 Å². The molecule has 0 aliphatic carbocycles. The van der Waals surface area contributed by atoms with E-state index in [1.807, 2.05) is 0 Å². The second-order valence-electron chi connectivity index (χ2n) is 5.84.